The topological polar surface area (TPSA) is 40.5 Å². The summed E-state index contributed by atoms with van der Waals surface area (Å²) >= 11 is 0. The minimum Gasteiger partial charge on any atom is -0.395 e. The molecule has 0 heterocycles. The first-order chi connectivity index (χ1) is 10.1. The lowest BCUT2D eigenvalue weighted by molar-refractivity contribution is 0.0722. The second-order valence-corrected chi connectivity index (χ2v) is 5.94. The van der Waals surface area contributed by atoms with Gasteiger partial charge in [-0.25, -0.2) is 0 Å². The van der Waals surface area contributed by atoms with E-state index >= 15 is 0 Å². The zero-order valence-corrected chi connectivity index (χ0v) is 12.8. The highest BCUT2D eigenvalue weighted by Gasteiger charge is 2.33. The van der Waals surface area contributed by atoms with Crippen molar-refractivity contribution in [1.29, 1.82) is 0 Å². The summed E-state index contributed by atoms with van der Waals surface area (Å²) < 4.78 is 0. The number of carbonyl (C=O) groups is 1. The molecule has 1 aliphatic carbocycles. The molecule has 0 spiro atoms. The van der Waals surface area contributed by atoms with Crippen LogP contribution in [0.25, 0.3) is 0 Å². The van der Waals surface area contributed by atoms with E-state index in [2.05, 4.69) is 25.7 Å². The van der Waals surface area contributed by atoms with E-state index in [9.17, 15) is 4.79 Å². The quantitative estimate of drug-likeness (QED) is 0.845. The Hall–Kier alpha value is -1.79. The molecule has 1 fully saturated rings. The molecule has 3 heteroatoms. The molecule has 0 unspecified atom stereocenters. The summed E-state index contributed by atoms with van der Waals surface area (Å²) in [6.07, 6.45) is 2.70. The summed E-state index contributed by atoms with van der Waals surface area (Å²) in [6.45, 7) is 5.15. The molecule has 0 aromatic heterocycles. The highest BCUT2D eigenvalue weighted by Crippen LogP contribution is 2.29. The lowest BCUT2D eigenvalue weighted by Crippen LogP contribution is -2.36. The van der Waals surface area contributed by atoms with Crippen molar-refractivity contribution >= 4 is 5.91 Å². The Bertz CT molecular complexity index is 550. The number of nitrogens with zero attached hydrogens (tertiary/aromatic N) is 1. The number of carbonyl (C=O) groups excluding carboxylic acids is 1. The van der Waals surface area contributed by atoms with Crippen LogP contribution in [0.2, 0.25) is 0 Å². The van der Waals surface area contributed by atoms with Gasteiger partial charge in [-0.05, 0) is 37.0 Å². The smallest absolute Gasteiger partial charge is 0.254 e. The van der Waals surface area contributed by atoms with Crippen molar-refractivity contribution in [1.82, 2.24) is 4.90 Å². The Morgan fingerprint density at radius 2 is 2.19 bits per heavy atom. The van der Waals surface area contributed by atoms with E-state index in [1.54, 1.807) is 0 Å². The number of aliphatic hydroxyl groups excluding tert-OH is 1. The van der Waals surface area contributed by atoms with Crippen molar-refractivity contribution in [3.8, 4) is 11.8 Å². The molecule has 21 heavy (non-hydrogen) atoms. The third-order valence-electron chi connectivity index (χ3n) is 3.39. The number of aliphatic hydroxyl groups is 1. The fourth-order valence-electron chi connectivity index (χ4n) is 2.29. The second kappa shape index (κ2) is 7.28. The van der Waals surface area contributed by atoms with Gasteiger partial charge in [0.2, 0.25) is 0 Å². The van der Waals surface area contributed by atoms with Crippen molar-refractivity contribution in [2.75, 3.05) is 13.2 Å². The van der Waals surface area contributed by atoms with Gasteiger partial charge in [0.1, 0.15) is 0 Å². The molecule has 1 aromatic rings. The van der Waals surface area contributed by atoms with Crippen LogP contribution in [0.3, 0.4) is 0 Å². The average molecular weight is 285 g/mol. The third-order valence-corrected chi connectivity index (χ3v) is 3.39. The summed E-state index contributed by atoms with van der Waals surface area (Å²) in [4.78, 5) is 14.7. The molecule has 0 radical (unpaired) electrons. The first-order valence-electron chi connectivity index (χ1n) is 7.62. The van der Waals surface area contributed by atoms with Crippen LogP contribution >= 0.6 is 0 Å². The third kappa shape index (κ3) is 4.61. The van der Waals surface area contributed by atoms with E-state index in [0.717, 1.165) is 24.9 Å². The monoisotopic (exact) mass is 285 g/mol. The van der Waals surface area contributed by atoms with E-state index in [1.165, 1.54) is 0 Å². The lowest BCUT2D eigenvalue weighted by atomic mass is 10.1. The maximum Gasteiger partial charge on any atom is 0.254 e. The number of benzene rings is 1. The van der Waals surface area contributed by atoms with Crippen LogP contribution in [0.15, 0.2) is 24.3 Å². The standard InChI is InChI=1S/C18H23NO2/c1-14(2)13-19(17-9-10-17)18(21)16-8-5-7-15(12-16)6-3-4-11-20/h5,7-8,12,14,17,20H,4,9-11,13H2,1-2H3. The van der Waals surface area contributed by atoms with Gasteiger partial charge in [-0.2, -0.15) is 0 Å². The predicted octanol–water partition coefficient (Wildman–Crippen LogP) is 2.68. The zero-order valence-electron chi connectivity index (χ0n) is 12.8. The van der Waals surface area contributed by atoms with E-state index in [4.69, 9.17) is 5.11 Å². The lowest BCUT2D eigenvalue weighted by Gasteiger charge is -2.24. The van der Waals surface area contributed by atoms with Crippen LogP contribution in [0, 0.1) is 17.8 Å². The Balaban J connectivity index is 2.14. The van der Waals surface area contributed by atoms with Crippen LogP contribution in [0.5, 0.6) is 0 Å². The minimum absolute atomic E-state index is 0.0649. The molecule has 1 aromatic carbocycles. The number of hydrogen-bond acceptors (Lipinski definition) is 2. The van der Waals surface area contributed by atoms with Gasteiger partial charge < -0.3 is 10.0 Å². The van der Waals surface area contributed by atoms with Crippen molar-refractivity contribution < 1.29 is 9.90 Å². The Morgan fingerprint density at radius 3 is 2.81 bits per heavy atom. The highest BCUT2D eigenvalue weighted by molar-refractivity contribution is 5.95. The summed E-state index contributed by atoms with van der Waals surface area (Å²) in [5.74, 6) is 6.46. The first-order valence-corrected chi connectivity index (χ1v) is 7.62. The first kappa shape index (κ1) is 15.6. The maximum absolute atomic E-state index is 12.7. The predicted molar refractivity (Wildman–Crippen MR) is 83.9 cm³/mol. The molecule has 2 rings (SSSR count). The summed E-state index contributed by atoms with van der Waals surface area (Å²) in [6, 6.07) is 7.89. The number of hydrogen-bond donors (Lipinski definition) is 1. The molecular weight excluding hydrogens is 262 g/mol. The van der Waals surface area contributed by atoms with E-state index < -0.39 is 0 Å². The molecule has 1 amide bonds. The van der Waals surface area contributed by atoms with Crippen LogP contribution in [0.1, 0.15) is 49.0 Å². The molecule has 0 saturated heterocycles. The fraction of sp³-hybridized carbons (Fsp3) is 0.500. The summed E-state index contributed by atoms with van der Waals surface area (Å²) in [7, 11) is 0. The van der Waals surface area contributed by atoms with E-state index in [-0.39, 0.29) is 12.5 Å². The van der Waals surface area contributed by atoms with E-state index in [1.807, 2.05) is 29.2 Å². The average Bonchev–Trinajstić information content (AvgIpc) is 3.29. The van der Waals surface area contributed by atoms with Crippen molar-refractivity contribution in [3.05, 3.63) is 35.4 Å². The molecule has 0 bridgehead atoms. The van der Waals surface area contributed by atoms with Crippen LogP contribution < -0.4 is 0 Å². The molecule has 0 atom stereocenters. The van der Waals surface area contributed by atoms with Gasteiger partial charge in [-0.3, -0.25) is 4.79 Å². The molecule has 1 aliphatic rings. The van der Waals surface area contributed by atoms with Crippen LogP contribution in [0.4, 0.5) is 0 Å². The molecule has 3 nitrogen and oxygen atoms in total. The van der Waals surface area contributed by atoms with Gasteiger partial charge in [-0.1, -0.05) is 31.8 Å². The van der Waals surface area contributed by atoms with Gasteiger partial charge in [0.25, 0.3) is 5.91 Å². The van der Waals surface area contributed by atoms with Crippen LogP contribution in [-0.4, -0.2) is 35.1 Å². The summed E-state index contributed by atoms with van der Waals surface area (Å²) in [5.41, 5.74) is 1.54. The Morgan fingerprint density at radius 1 is 1.43 bits per heavy atom. The van der Waals surface area contributed by atoms with Gasteiger partial charge in [0.15, 0.2) is 0 Å². The molecular formula is C18H23NO2. The van der Waals surface area contributed by atoms with Gasteiger partial charge in [-0.15, -0.1) is 0 Å². The van der Waals surface area contributed by atoms with Gasteiger partial charge in [0, 0.05) is 30.1 Å². The highest BCUT2D eigenvalue weighted by atomic mass is 16.2. The minimum atomic E-state index is 0.0649. The molecule has 1 saturated carbocycles. The maximum atomic E-state index is 12.7. The van der Waals surface area contributed by atoms with Gasteiger partial charge >= 0.3 is 0 Å². The Kier molecular flexibility index (Phi) is 5.41. The summed E-state index contributed by atoms with van der Waals surface area (Å²) in [5, 5.41) is 8.75. The molecule has 112 valence electrons. The molecule has 0 aliphatic heterocycles. The largest absolute Gasteiger partial charge is 0.395 e. The van der Waals surface area contributed by atoms with Gasteiger partial charge in [0.05, 0.1) is 6.61 Å². The van der Waals surface area contributed by atoms with E-state index in [0.29, 0.717) is 23.9 Å². The fourth-order valence-corrected chi connectivity index (χ4v) is 2.29. The second-order valence-electron chi connectivity index (χ2n) is 5.94. The zero-order chi connectivity index (χ0) is 15.2. The van der Waals surface area contributed by atoms with Crippen LogP contribution in [-0.2, 0) is 0 Å². The normalized spacial score (nSPS) is 13.7. The van der Waals surface area contributed by atoms with Crippen molar-refractivity contribution in [2.24, 2.45) is 5.92 Å². The number of rotatable bonds is 5. The van der Waals surface area contributed by atoms with Crippen molar-refractivity contribution in [2.45, 2.75) is 39.2 Å². The Labute approximate surface area is 127 Å². The molecule has 1 N–H and O–H groups in total. The number of amides is 1. The SMILES string of the molecule is CC(C)CN(C(=O)c1cccc(C#CCCO)c1)C1CC1. The van der Waals surface area contributed by atoms with Crippen molar-refractivity contribution in [3.63, 3.8) is 0 Å².